The smallest absolute Gasteiger partial charge is 0.181 e. The van der Waals surface area contributed by atoms with Crippen molar-refractivity contribution in [2.75, 3.05) is 5.75 Å². The van der Waals surface area contributed by atoms with E-state index in [0.717, 1.165) is 30.8 Å². The van der Waals surface area contributed by atoms with Crippen molar-refractivity contribution in [3.8, 4) is 5.75 Å². The lowest BCUT2D eigenvalue weighted by Crippen LogP contribution is -2.25. The number of halogens is 2. The van der Waals surface area contributed by atoms with Crippen LogP contribution >= 0.6 is 31.9 Å². The van der Waals surface area contributed by atoms with Gasteiger partial charge in [-0.3, -0.25) is 0 Å². The van der Waals surface area contributed by atoms with Crippen LogP contribution in [0.1, 0.15) is 0 Å². The maximum Gasteiger partial charge on any atom is 0.181 e. The molecule has 8 heteroatoms. The van der Waals surface area contributed by atoms with Gasteiger partial charge in [-0.15, -0.1) is 0 Å². The van der Waals surface area contributed by atoms with E-state index >= 15 is 0 Å². The fraction of sp³-hybridized carbons (Fsp3) is 0.143. The van der Waals surface area contributed by atoms with E-state index in [2.05, 4.69) is 31.9 Å². The molecule has 1 unspecified atom stereocenters. The lowest BCUT2D eigenvalue weighted by molar-refractivity contribution is 0.179. The lowest BCUT2D eigenvalue weighted by atomic mass is 10.2. The molecule has 150 valence electrons. The number of aliphatic hydroxyl groups is 1. The zero-order valence-electron chi connectivity index (χ0n) is 15.1. The highest BCUT2D eigenvalue weighted by atomic mass is 79.9. The van der Waals surface area contributed by atoms with Gasteiger partial charge >= 0.3 is 0 Å². The first-order valence-electron chi connectivity index (χ1n) is 8.81. The van der Waals surface area contributed by atoms with Gasteiger partial charge in [0.2, 0.25) is 0 Å². The van der Waals surface area contributed by atoms with Gasteiger partial charge in [-0.2, -0.15) is 0 Å². The van der Waals surface area contributed by atoms with Crippen molar-refractivity contribution in [1.29, 1.82) is 0 Å². The van der Waals surface area contributed by atoms with Crippen LogP contribution in [0.2, 0.25) is 0 Å². The Morgan fingerprint density at radius 3 is 2.03 bits per heavy atom. The highest BCUT2D eigenvalue weighted by Crippen LogP contribution is 2.33. The molecule has 0 spiro atoms. The molecular weight excluding hydrogens is 522 g/mol. The SMILES string of the molecule is O=S(=O)(CC(O)Cn1c2ccc(Br)cc2c2cc(Br)ccc21)c1cccc(O)c1. The minimum atomic E-state index is -3.74. The molecule has 4 rings (SSSR count). The van der Waals surface area contributed by atoms with Crippen molar-refractivity contribution in [1.82, 2.24) is 4.57 Å². The molecule has 0 aliphatic rings. The number of nitrogens with zero attached hydrogens (tertiary/aromatic N) is 1. The van der Waals surface area contributed by atoms with Gasteiger partial charge < -0.3 is 14.8 Å². The summed E-state index contributed by atoms with van der Waals surface area (Å²) in [5.74, 6) is -0.566. The first-order chi connectivity index (χ1) is 13.7. The second kappa shape index (κ2) is 7.75. The zero-order chi connectivity index (χ0) is 20.8. The van der Waals surface area contributed by atoms with Crippen LogP contribution in [0.25, 0.3) is 21.8 Å². The Bertz CT molecular complexity index is 1270. The number of benzene rings is 3. The van der Waals surface area contributed by atoms with Gasteiger partial charge in [0.1, 0.15) is 5.75 Å². The molecule has 0 saturated heterocycles. The fourth-order valence-electron chi connectivity index (χ4n) is 3.54. The van der Waals surface area contributed by atoms with Crippen LogP contribution in [0.5, 0.6) is 5.75 Å². The second-order valence-electron chi connectivity index (χ2n) is 6.87. The molecule has 1 heterocycles. The van der Waals surface area contributed by atoms with E-state index in [1.807, 2.05) is 41.0 Å². The molecule has 29 heavy (non-hydrogen) atoms. The highest BCUT2D eigenvalue weighted by molar-refractivity contribution is 9.10. The Hall–Kier alpha value is -1.87. The van der Waals surface area contributed by atoms with Crippen molar-refractivity contribution in [2.45, 2.75) is 17.5 Å². The molecule has 1 atom stereocenters. The number of aromatic nitrogens is 1. The molecule has 0 saturated carbocycles. The molecule has 0 radical (unpaired) electrons. The molecule has 4 aromatic rings. The Morgan fingerprint density at radius 2 is 1.48 bits per heavy atom. The van der Waals surface area contributed by atoms with Crippen molar-refractivity contribution in [3.63, 3.8) is 0 Å². The molecule has 0 amide bonds. The Balaban J connectivity index is 1.72. The molecule has 0 aliphatic carbocycles. The van der Waals surface area contributed by atoms with Crippen LogP contribution in [0, 0.1) is 0 Å². The van der Waals surface area contributed by atoms with Gasteiger partial charge in [-0.05, 0) is 54.6 Å². The predicted octanol–water partition coefficient (Wildman–Crippen LogP) is 4.86. The zero-order valence-corrected chi connectivity index (χ0v) is 19.1. The number of phenolic OH excluding ortho intramolecular Hbond substituents is 1. The van der Waals surface area contributed by atoms with Crippen LogP contribution in [-0.4, -0.2) is 35.1 Å². The third-order valence-corrected chi connectivity index (χ3v) is 7.55. The Morgan fingerprint density at radius 1 is 0.897 bits per heavy atom. The van der Waals surface area contributed by atoms with Gasteiger partial charge in [-0.25, -0.2) is 8.42 Å². The number of aliphatic hydroxyl groups excluding tert-OH is 1. The highest BCUT2D eigenvalue weighted by Gasteiger charge is 2.22. The number of rotatable bonds is 5. The number of hydrogen-bond acceptors (Lipinski definition) is 4. The molecule has 0 fully saturated rings. The molecule has 2 N–H and O–H groups in total. The van der Waals surface area contributed by atoms with Crippen molar-refractivity contribution >= 4 is 63.5 Å². The van der Waals surface area contributed by atoms with E-state index in [0.29, 0.717) is 0 Å². The van der Waals surface area contributed by atoms with E-state index < -0.39 is 21.7 Å². The standard InChI is InChI=1S/C21H17Br2NO4S/c22-13-4-6-20-18(8-13)19-9-14(23)5-7-21(19)24(20)11-16(26)12-29(27,28)17-3-1-2-15(25)10-17/h1-10,16,25-26H,11-12H2. The van der Waals surface area contributed by atoms with E-state index in [-0.39, 0.29) is 17.2 Å². The molecular formula is C21H17Br2NO4S. The van der Waals surface area contributed by atoms with Gasteiger partial charge in [0.05, 0.1) is 23.3 Å². The summed E-state index contributed by atoms with van der Waals surface area (Å²) < 4.78 is 29.1. The summed E-state index contributed by atoms with van der Waals surface area (Å²) in [7, 11) is -3.74. The molecule has 1 aromatic heterocycles. The van der Waals surface area contributed by atoms with Crippen LogP contribution in [0.15, 0.2) is 74.5 Å². The summed E-state index contributed by atoms with van der Waals surface area (Å²) >= 11 is 7.00. The maximum absolute atomic E-state index is 12.6. The number of sulfone groups is 1. The average molecular weight is 539 g/mol. The maximum atomic E-state index is 12.6. The molecule has 0 bridgehead atoms. The third kappa shape index (κ3) is 4.07. The van der Waals surface area contributed by atoms with E-state index in [9.17, 15) is 18.6 Å². The van der Waals surface area contributed by atoms with Gasteiger partial charge in [0.15, 0.2) is 9.84 Å². The summed E-state index contributed by atoms with van der Waals surface area (Å²) in [4.78, 5) is -0.00775. The van der Waals surface area contributed by atoms with Crippen molar-refractivity contribution in [3.05, 3.63) is 69.6 Å². The minimum Gasteiger partial charge on any atom is -0.508 e. The number of phenols is 1. The summed E-state index contributed by atoms with van der Waals surface area (Å²) in [6, 6.07) is 17.2. The minimum absolute atomic E-state index is 0.00775. The van der Waals surface area contributed by atoms with Crippen LogP contribution in [-0.2, 0) is 16.4 Å². The fourth-order valence-corrected chi connectivity index (χ4v) is 5.65. The van der Waals surface area contributed by atoms with Crippen LogP contribution in [0.3, 0.4) is 0 Å². The van der Waals surface area contributed by atoms with E-state index in [1.54, 1.807) is 0 Å². The van der Waals surface area contributed by atoms with Crippen molar-refractivity contribution in [2.24, 2.45) is 0 Å². The van der Waals surface area contributed by atoms with Crippen LogP contribution < -0.4 is 0 Å². The largest absolute Gasteiger partial charge is 0.508 e. The lowest BCUT2D eigenvalue weighted by Gasteiger charge is -2.15. The topological polar surface area (TPSA) is 79.5 Å². The first kappa shape index (κ1) is 20.4. The number of aromatic hydroxyl groups is 1. The Kier molecular flexibility index (Phi) is 5.46. The number of hydrogen-bond donors (Lipinski definition) is 2. The number of fused-ring (bicyclic) bond motifs is 3. The van der Waals surface area contributed by atoms with Gasteiger partial charge in [0.25, 0.3) is 0 Å². The third-order valence-electron chi connectivity index (χ3n) is 4.77. The second-order valence-corrected chi connectivity index (χ2v) is 10.7. The molecule has 0 aliphatic heterocycles. The molecule has 3 aromatic carbocycles. The average Bonchev–Trinajstić information content (AvgIpc) is 2.93. The summed E-state index contributed by atoms with van der Waals surface area (Å²) in [5.41, 5.74) is 1.82. The normalized spacial score (nSPS) is 13.2. The summed E-state index contributed by atoms with van der Waals surface area (Å²) in [6.07, 6.45) is -1.12. The first-order valence-corrected chi connectivity index (χ1v) is 12.1. The predicted molar refractivity (Wildman–Crippen MR) is 121 cm³/mol. The van der Waals surface area contributed by atoms with Gasteiger partial charge in [0, 0.05) is 30.8 Å². The summed E-state index contributed by atoms with van der Waals surface area (Å²) in [5, 5.41) is 22.2. The monoisotopic (exact) mass is 537 g/mol. The van der Waals surface area contributed by atoms with Crippen molar-refractivity contribution < 1.29 is 18.6 Å². The van der Waals surface area contributed by atoms with E-state index in [4.69, 9.17) is 0 Å². The van der Waals surface area contributed by atoms with E-state index in [1.165, 1.54) is 24.3 Å². The van der Waals surface area contributed by atoms with Gasteiger partial charge in [-0.1, -0.05) is 37.9 Å². The van der Waals surface area contributed by atoms with Crippen LogP contribution in [0.4, 0.5) is 0 Å². The molecule has 5 nitrogen and oxygen atoms in total. The quantitative estimate of drug-likeness (QED) is 0.380. The summed E-state index contributed by atoms with van der Waals surface area (Å²) in [6.45, 7) is 0.126. The Labute approximate surface area is 184 Å².